The number of carbonyl (C=O) groups excluding carboxylic acids is 3. The number of hydrogen-bond acceptors (Lipinski definition) is 6. The highest BCUT2D eigenvalue weighted by Crippen LogP contribution is 2.60. The highest BCUT2D eigenvalue weighted by molar-refractivity contribution is 9.09. The van der Waals surface area contributed by atoms with E-state index in [1.165, 1.54) is 4.90 Å². The van der Waals surface area contributed by atoms with E-state index in [-0.39, 0.29) is 42.4 Å². The second-order valence-corrected chi connectivity index (χ2v) is 9.57. The molecule has 1 spiro atoms. The highest BCUT2D eigenvalue weighted by Gasteiger charge is 2.77. The summed E-state index contributed by atoms with van der Waals surface area (Å²) in [7, 11) is 0. The zero-order valence-corrected chi connectivity index (χ0v) is 19.3. The van der Waals surface area contributed by atoms with Gasteiger partial charge in [0.1, 0.15) is 11.6 Å². The molecule has 0 aromatic rings. The Kier molecular flexibility index (Phi) is 6.94. The van der Waals surface area contributed by atoms with Gasteiger partial charge in [0.15, 0.2) is 0 Å². The van der Waals surface area contributed by atoms with Gasteiger partial charge >= 0.3 is 5.97 Å². The minimum Gasteiger partial charge on any atom is -0.466 e. The van der Waals surface area contributed by atoms with Crippen LogP contribution < -0.4 is 0 Å². The van der Waals surface area contributed by atoms with Gasteiger partial charge in [-0.3, -0.25) is 14.4 Å². The van der Waals surface area contributed by atoms with Gasteiger partial charge in [-0.05, 0) is 33.6 Å². The van der Waals surface area contributed by atoms with E-state index in [1.54, 1.807) is 17.9 Å². The molecular weight excluding hydrogens is 456 g/mol. The first-order valence-corrected chi connectivity index (χ1v) is 11.5. The number of halogens is 1. The topological polar surface area (TPSA) is 96.4 Å². The van der Waals surface area contributed by atoms with Crippen molar-refractivity contribution in [2.45, 2.75) is 62.2 Å². The summed E-state index contributed by atoms with van der Waals surface area (Å²) in [6.07, 6.45) is 1.94. The van der Waals surface area contributed by atoms with Crippen molar-refractivity contribution < 1.29 is 29.0 Å². The summed E-state index contributed by atoms with van der Waals surface area (Å²) in [6.45, 7) is 9.96. The van der Waals surface area contributed by atoms with Gasteiger partial charge in [-0.25, -0.2) is 0 Å². The lowest BCUT2D eigenvalue weighted by Gasteiger charge is -2.38. The molecule has 30 heavy (non-hydrogen) atoms. The summed E-state index contributed by atoms with van der Waals surface area (Å²) in [5, 5.41) is 9.34. The second-order valence-electron chi connectivity index (χ2n) is 8.40. The van der Waals surface area contributed by atoms with E-state index in [2.05, 4.69) is 22.5 Å². The third-order valence-corrected chi connectivity index (χ3v) is 7.22. The fraction of sp³-hybridized carbons (Fsp3) is 0.762. The fourth-order valence-corrected chi connectivity index (χ4v) is 6.19. The molecule has 3 aliphatic rings. The molecule has 2 bridgehead atoms. The number of esters is 1. The van der Waals surface area contributed by atoms with Crippen molar-refractivity contribution in [1.82, 2.24) is 9.80 Å². The largest absolute Gasteiger partial charge is 0.466 e. The maximum Gasteiger partial charge on any atom is 0.312 e. The molecule has 168 valence electrons. The van der Waals surface area contributed by atoms with Gasteiger partial charge in [-0.15, -0.1) is 6.58 Å². The van der Waals surface area contributed by atoms with Crippen LogP contribution in [0.15, 0.2) is 12.7 Å². The number of carbonyl (C=O) groups is 3. The van der Waals surface area contributed by atoms with Crippen LogP contribution in [0.1, 0.15) is 33.6 Å². The standard InChI is InChI=1S/C21H31BrN2O6/c1-5-8-23(12(3)4)19(27)17-21-11-13(22)16(30-21)14(20(28)29-6-2)15(21)18(26)24(17)9-7-10-25/h5,12-17,25H,1,6-11H2,2-4H3/t13?,14-,15+,16-,17?,21?/m1/s1. The van der Waals surface area contributed by atoms with Crippen LogP contribution in [0.2, 0.25) is 0 Å². The van der Waals surface area contributed by atoms with Gasteiger partial charge in [0.2, 0.25) is 11.8 Å². The summed E-state index contributed by atoms with van der Waals surface area (Å²) in [6, 6.07) is -0.951. The van der Waals surface area contributed by atoms with Gasteiger partial charge in [-0.1, -0.05) is 22.0 Å². The van der Waals surface area contributed by atoms with Crippen molar-refractivity contribution in [3.8, 4) is 0 Å². The van der Waals surface area contributed by atoms with Crippen LogP contribution in [0.4, 0.5) is 0 Å². The van der Waals surface area contributed by atoms with E-state index >= 15 is 0 Å². The Hall–Kier alpha value is -1.45. The summed E-state index contributed by atoms with van der Waals surface area (Å²) in [5.41, 5.74) is -1.09. The first kappa shape index (κ1) is 23.2. The molecule has 9 heteroatoms. The van der Waals surface area contributed by atoms with Crippen LogP contribution in [-0.2, 0) is 23.9 Å². The lowest BCUT2D eigenvalue weighted by atomic mass is 9.70. The third kappa shape index (κ3) is 3.48. The van der Waals surface area contributed by atoms with Gasteiger partial charge in [0.25, 0.3) is 0 Å². The van der Waals surface area contributed by atoms with Gasteiger partial charge in [0, 0.05) is 30.6 Å². The normalized spacial score (nSPS) is 34.4. The van der Waals surface area contributed by atoms with Crippen LogP contribution in [0.5, 0.6) is 0 Å². The molecule has 3 unspecified atom stereocenters. The fourth-order valence-electron chi connectivity index (χ4n) is 5.25. The predicted molar refractivity (Wildman–Crippen MR) is 113 cm³/mol. The molecule has 3 saturated heterocycles. The molecule has 3 rings (SSSR count). The summed E-state index contributed by atoms with van der Waals surface area (Å²) < 4.78 is 11.6. The van der Waals surface area contributed by atoms with Crippen LogP contribution in [0, 0.1) is 11.8 Å². The van der Waals surface area contributed by atoms with Crippen molar-refractivity contribution in [2.24, 2.45) is 11.8 Å². The van der Waals surface area contributed by atoms with Crippen molar-refractivity contribution in [1.29, 1.82) is 0 Å². The number of hydrogen-bond donors (Lipinski definition) is 1. The van der Waals surface area contributed by atoms with Crippen LogP contribution in [-0.4, -0.2) is 87.6 Å². The molecule has 0 aromatic carbocycles. The molecule has 6 atom stereocenters. The zero-order valence-electron chi connectivity index (χ0n) is 17.8. The first-order valence-electron chi connectivity index (χ1n) is 10.6. The number of aliphatic hydroxyl groups is 1. The van der Waals surface area contributed by atoms with E-state index in [1.807, 2.05) is 13.8 Å². The van der Waals surface area contributed by atoms with Crippen LogP contribution in [0.25, 0.3) is 0 Å². The number of alkyl halides is 1. The average molecular weight is 487 g/mol. The number of amides is 2. The Bertz CT molecular complexity index is 716. The molecule has 0 aliphatic carbocycles. The highest BCUT2D eigenvalue weighted by atomic mass is 79.9. The van der Waals surface area contributed by atoms with E-state index in [0.29, 0.717) is 19.4 Å². The monoisotopic (exact) mass is 486 g/mol. The number of likely N-dealkylation sites (tertiary alicyclic amines) is 1. The van der Waals surface area contributed by atoms with E-state index in [0.717, 1.165) is 0 Å². The summed E-state index contributed by atoms with van der Waals surface area (Å²) in [5.74, 6) is -2.47. The molecule has 8 nitrogen and oxygen atoms in total. The van der Waals surface area contributed by atoms with Gasteiger partial charge in [0.05, 0.1) is 24.5 Å². The van der Waals surface area contributed by atoms with Crippen LogP contribution in [0.3, 0.4) is 0 Å². The third-order valence-electron chi connectivity index (χ3n) is 6.37. The average Bonchev–Trinajstić information content (AvgIpc) is 3.27. The van der Waals surface area contributed by atoms with E-state index in [9.17, 15) is 19.5 Å². The molecule has 0 radical (unpaired) electrons. The van der Waals surface area contributed by atoms with Crippen molar-refractivity contribution in [3.05, 3.63) is 12.7 Å². The minimum absolute atomic E-state index is 0.0973. The number of aliphatic hydroxyl groups excluding tert-OH is 1. The number of fused-ring (bicyclic) bond motifs is 1. The summed E-state index contributed by atoms with van der Waals surface area (Å²) >= 11 is 3.61. The van der Waals surface area contributed by atoms with E-state index in [4.69, 9.17) is 9.47 Å². The molecule has 1 N–H and O–H groups in total. The van der Waals surface area contributed by atoms with Crippen molar-refractivity contribution in [3.63, 3.8) is 0 Å². The smallest absolute Gasteiger partial charge is 0.312 e. The Morgan fingerprint density at radius 2 is 2.20 bits per heavy atom. The Balaban J connectivity index is 2.05. The predicted octanol–water partition coefficient (Wildman–Crippen LogP) is 1.10. The molecule has 0 saturated carbocycles. The molecule has 2 amide bonds. The Morgan fingerprint density at radius 3 is 2.77 bits per heavy atom. The second kappa shape index (κ2) is 8.96. The Labute approximate surface area is 185 Å². The number of ether oxygens (including phenoxy) is 2. The first-order chi connectivity index (χ1) is 14.2. The van der Waals surface area contributed by atoms with Crippen molar-refractivity contribution in [2.75, 3.05) is 26.3 Å². The SMILES string of the molecule is C=CCN(C(=O)C1N(CCCO)C(=O)[C@@H]2[C@@H](C(=O)OCC)[C@@H]3OC12CC3Br)C(C)C. The lowest BCUT2D eigenvalue weighted by Crippen LogP contribution is -2.58. The zero-order chi connectivity index (χ0) is 22.2. The quantitative estimate of drug-likeness (QED) is 0.297. The molecular formula is C21H31BrN2O6. The molecule has 3 heterocycles. The summed E-state index contributed by atoms with van der Waals surface area (Å²) in [4.78, 5) is 43.0. The van der Waals surface area contributed by atoms with Gasteiger partial charge in [-0.2, -0.15) is 0 Å². The minimum atomic E-state index is -1.09. The van der Waals surface area contributed by atoms with Crippen LogP contribution >= 0.6 is 15.9 Å². The number of rotatable bonds is 9. The maximum atomic E-state index is 13.7. The van der Waals surface area contributed by atoms with Crippen molar-refractivity contribution >= 4 is 33.7 Å². The maximum absolute atomic E-state index is 13.7. The molecule has 3 aliphatic heterocycles. The van der Waals surface area contributed by atoms with Gasteiger partial charge < -0.3 is 24.4 Å². The Morgan fingerprint density at radius 1 is 1.50 bits per heavy atom. The molecule has 3 fully saturated rings. The number of nitrogens with zero attached hydrogens (tertiary/aromatic N) is 2. The van der Waals surface area contributed by atoms with E-state index < -0.39 is 35.6 Å². The lowest BCUT2D eigenvalue weighted by molar-refractivity contribution is -0.155. The molecule has 0 aromatic heterocycles.